The van der Waals surface area contributed by atoms with E-state index in [1.807, 2.05) is 0 Å². The number of hydrogen-bond acceptors (Lipinski definition) is 7. The van der Waals surface area contributed by atoms with Crippen LogP contribution in [0.25, 0.3) is 0 Å². The first-order valence-electron chi connectivity index (χ1n) is 8.84. The Kier molecular flexibility index (Phi) is 4.07. The van der Waals surface area contributed by atoms with Crippen molar-refractivity contribution in [2.45, 2.75) is 58.0 Å². The zero-order valence-corrected chi connectivity index (χ0v) is 14.7. The number of amides is 1. The van der Waals surface area contributed by atoms with Gasteiger partial charge in [0.15, 0.2) is 5.82 Å². The lowest BCUT2D eigenvalue weighted by molar-refractivity contribution is -0.121. The molecule has 2 aliphatic rings. The van der Waals surface area contributed by atoms with E-state index in [-0.39, 0.29) is 5.91 Å². The molecule has 1 amide bonds. The second-order valence-electron chi connectivity index (χ2n) is 7.10. The third-order valence-corrected chi connectivity index (χ3v) is 5.12. The standard InChI is InChI=1S/C17H23N5O3/c1-11(23)19-17(16-18-12(2)24-21-16)7-8-22(10-17)9-14-13-5-3-4-6-15(13)25-20-14/h3-10H2,1-2H3,(H,19,23). The van der Waals surface area contributed by atoms with Gasteiger partial charge in [0.2, 0.25) is 11.8 Å². The topological polar surface area (TPSA) is 97.3 Å². The fourth-order valence-electron chi connectivity index (χ4n) is 3.98. The molecule has 1 atom stereocenters. The maximum Gasteiger partial charge on any atom is 0.223 e. The summed E-state index contributed by atoms with van der Waals surface area (Å²) in [6, 6.07) is 0. The van der Waals surface area contributed by atoms with E-state index in [1.54, 1.807) is 6.92 Å². The lowest BCUT2D eigenvalue weighted by atomic mass is 9.96. The summed E-state index contributed by atoms with van der Waals surface area (Å²) in [5.41, 5.74) is 1.70. The van der Waals surface area contributed by atoms with Crippen LogP contribution in [0.15, 0.2) is 9.05 Å². The normalized spacial score (nSPS) is 23.6. The van der Waals surface area contributed by atoms with Gasteiger partial charge >= 0.3 is 0 Å². The highest BCUT2D eigenvalue weighted by molar-refractivity contribution is 5.74. The van der Waals surface area contributed by atoms with E-state index in [0.717, 1.165) is 43.8 Å². The van der Waals surface area contributed by atoms with Crippen LogP contribution in [0, 0.1) is 6.92 Å². The van der Waals surface area contributed by atoms with E-state index in [0.29, 0.717) is 18.3 Å². The molecule has 0 bridgehead atoms. The van der Waals surface area contributed by atoms with Gasteiger partial charge in [0, 0.05) is 45.5 Å². The Labute approximate surface area is 145 Å². The molecular weight excluding hydrogens is 322 g/mol. The van der Waals surface area contributed by atoms with Crippen LogP contribution in [0.2, 0.25) is 0 Å². The molecule has 1 unspecified atom stereocenters. The number of carbonyl (C=O) groups excluding carboxylic acids is 1. The summed E-state index contributed by atoms with van der Waals surface area (Å²) >= 11 is 0. The van der Waals surface area contributed by atoms with Crippen LogP contribution in [-0.2, 0) is 29.7 Å². The fourth-order valence-corrected chi connectivity index (χ4v) is 3.98. The van der Waals surface area contributed by atoms with Gasteiger partial charge in [-0.05, 0) is 25.7 Å². The number of aryl methyl sites for hydroxylation is 2. The number of likely N-dealkylation sites (tertiary alicyclic amines) is 1. The number of rotatable bonds is 4. The number of nitrogens with zero attached hydrogens (tertiary/aromatic N) is 4. The van der Waals surface area contributed by atoms with E-state index in [9.17, 15) is 4.79 Å². The van der Waals surface area contributed by atoms with Gasteiger partial charge in [-0.2, -0.15) is 4.98 Å². The molecule has 1 aliphatic heterocycles. The molecule has 1 fully saturated rings. The molecule has 3 heterocycles. The molecule has 4 rings (SSSR count). The van der Waals surface area contributed by atoms with E-state index in [2.05, 4.69) is 25.5 Å². The molecule has 2 aromatic rings. The molecule has 0 radical (unpaired) electrons. The van der Waals surface area contributed by atoms with Crippen molar-refractivity contribution in [1.82, 2.24) is 25.5 Å². The highest BCUT2D eigenvalue weighted by Gasteiger charge is 2.44. The highest BCUT2D eigenvalue weighted by atomic mass is 16.5. The summed E-state index contributed by atoms with van der Waals surface area (Å²) < 4.78 is 10.7. The first-order valence-corrected chi connectivity index (χ1v) is 8.84. The first-order chi connectivity index (χ1) is 12.1. The monoisotopic (exact) mass is 345 g/mol. The van der Waals surface area contributed by atoms with Crippen LogP contribution >= 0.6 is 0 Å². The Bertz CT molecular complexity index is 783. The summed E-state index contributed by atoms with van der Waals surface area (Å²) in [7, 11) is 0. The predicted molar refractivity (Wildman–Crippen MR) is 87.6 cm³/mol. The maximum absolute atomic E-state index is 11.8. The average molecular weight is 345 g/mol. The average Bonchev–Trinajstić information content (AvgIpc) is 3.28. The van der Waals surface area contributed by atoms with Gasteiger partial charge in [-0.15, -0.1) is 0 Å². The van der Waals surface area contributed by atoms with Crippen LogP contribution in [-0.4, -0.2) is 39.2 Å². The van der Waals surface area contributed by atoms with Crippen molar-refractivity contribution in [3.63, 3.8) is 0 Å². The van der Waals surface area contributed by atoms with Crippen molar-refractivity contribution in [1.29, 1.82) is 0 Å². The molecule has 0 saturated carbocycles. The largest absolute Gasteiger partial charge is 0.361 e. The third-order valence-electron chi connectivity index (χ3n) is 5.12. The lowest BCUT2D eigenvalue weighted by Gasteiger charge is -2.26. The van der Waals surface area contributed by atoms with Crippen molar-refractivity contribution in [3.05, 3.63) is 28.7 Å². The fraction of sp³-hybridized carbons (Fsp3) is 0.647. The Morgan fingerprint density at radius 1 is 1.28 bits per heavy atom. The molecule has 0 spiro atoms. The number of hydrogen-bond donors (Lipinski definition) is 1. The zero-order valence-electron chi connectivity index (χ0n) is 14.7. The predicted octanol–water partition coefficient (Wildman–Crippen LogP) is 1.48. The van der Waals surface area contributed by atoms with Crippen molar-refractivity contribution >= 4 is 5.91 Å². The zero-order chi connectivity index (χ0) is 17.4. The molecule has 2 aromatic heterocycles. The number of aromatic nitrogens is 3. The minimum atomic E-state index is -0.604. The van der Waals surface area contributed by atoms with E-state index in [4.69, 9.17) is 9.05 Å². The van der Waals surface area contributed by atoms with Crippen LogP contribution in [0.1, 0.15) is 54.9 Å². The van der Waals surface area contributed by atoms with Gasteiger partial charge in [-0.25, -0.2) is 0 Å². The third kappa shape index (κ3) is 3.06. The summed E-state index contributed by atoms with van der Waals surface area (Å²) in [6.07, 6.45) is 5.14. The van der Waals surface area contributed by atoms with Crippen molar-refractivity contribution < 1.29 is 13.8 Å². The molecule has 8 heteroatoms. The lowest BCUT2D eigenvalue weighted by Crippen LogP contribution is -2.47. The maximum atomic E-state index is 11.8. The van der Waals surface area contributed by atoms with Gasteiger partial charge in [0.25, 0.3) is 0 Å². The van der Waals surface area contributed by atoms with Crippen LogP contribution in [0.4, 0.5) is 0 Å². The molecule has 1 saturated heterocycles. The van der Waals surface area contributed by atoms with E-state index in [1.165, 1.54) is 25.3 Å². The Hall–Kier alpha value is -2.22. The van der Waals surface area contributed by atoms with Crippen molar-refractivity contribution in [2.24, 2.45) is 0 Å². The van der Waals surface area contributed by atoms with Crippen LogP contribution in [0.3, 0.4) is 0 Å². The van der Waals surface area contributed by atoms with Gasteiger partial charge in [-0.1, -0.05) is 10.3 Å². The summed E-state index contributed by atoms with van der Waals surface area (Å²) in [5, 5.41) is 11.4. The molecule has 25 heavy (non-hydrogen) atoms. The number of carbonyl (C=O) groups is 1. The second-order valence-corrected chi connectivity index (χ2v) is 7.10. The SMILES string of the molecule is CC(=O)NC1(c2noc(C)n2)CCN(Cc2noc3c2CCCC3)C1. The molecule has 1 aliphatic carbocycles. The van der Waals surface area contributed by atoms with Gasteiger partial charge in [0.1, 0.15) is 17.0 Å². The molecule has 134 valence electrons. The van der Waals surface area contributed by atoms with E-state index < -0.39 is 5.54 Å². The quantitative estimate of drug-likeness (QED) is 0.896. The molecule has 0 aromatic carbocycles. The number of nitrogens with one attached hydrogen (secondary N) is 1. The smallest absolute Gasteiger partial charge is 0.223 e. The Morgan fingerprint density at radius 2 is 2.12 bits per heavy atom. The van der Waals surface area contributed by atoms with Crippen LogP contribution in [0.5, 0.6) is 0 Å². The summed E-state index contributed by atoms with van der Waals surface area (Å²) in [5.74, 6) is 2.00. The van der Waals surface area contributed by atoms with Crippen molar-refractivity contribution in [2.75, 3.05) is 13.1 Å². The molecule has 8 nitrogen and oxygen atoms in total. The summed E-state index contributed by atoms with van der Waals surface area (Å²) in [4.78, 5) is 18.4. The van der Waals surface area contributed by atoms with E-state index >= 15 is 0 Å². The highest BCUT2D eigenvalue weighted by Crippen LogP contribution is 2.32. The minimum absolute atomic E-state index is 0.0943. The molecule has 1 N–H and O–H groups in total. The molecular formula is C17H23N5O3. The van der Waals surface area contributed by atoms with Gasteiger partial charge < -0.3 is 14.4 Å². The van der Waals surface area contributed by atoms with Gasteiger partial charge in [0.05, 0.1) is 0 Å². The van der Waals surface area contributed by atoms with Crippen molar-refractivity contribution in [3.8, 4) is 0 Å². The Morgan fingerprint density at radius 3 is 2.88 bits per heavy atom. The summed E-state index contributed by atoms with van der Waals surface area (Å²) in [6.45, 7) is 5.46. The van der Waals surface area contributed by atoms with Crippen LogP contribution < -0.4 is 5.32 Å². The minimum Gasteiger partial charge on any atom is -0.361 e. The Balaban J connectivity index is 1.54. The first kappa shape index (κ1) is 16.3. The number of fused-ring (bicyclic) bond motifs is 1. The van der Waals surface area contributed by atoms with Gasteiger partial charge in [-0.3, -0.25) is 9.69 Å². The second kappa shape index (κ2) is 6.25.